The first-order valence-corrected chi connectivity index (χ1v) is 4.33. The molecule has 1 heterocycles. The second-order valence-electron chi connectivity index (χ2n) is 2.45. The number of H-pyrrole nitrogens is 1. The van der Waals surface area contributed by atoms with Gasteiger partial charge in [0.1, 0.15) is 0 Å². The lowest BCUT2D eigenvalue weighted by Crippen LogP contribution is -1.99. The number of aromatic amines is 1. The van der Waals surface area contributed by atoms with Crippen molar-refractivity contribution in [1.29, 1.82) is 0 Å². The largest absolute Gasteiger partial charge is 0.466 e. The molecular weight excluding hydrogens is 168 g/mol. The lowest BCUT2D eigenvalue weighted by atomic mass is 10.4. The van der Waals surface area contributed by atoms with E-state index in [1.165, 1.54) is 6.92 Å². The van der Waals surface area contributed by atoms with Gasteiger partial charge in [0, 0.05) is 19.3 Å². The van der Waals surface area contributed by atoms with Crippen molar-refractivity contribution in [3.8, 4) is 0 Å². The van der Waals surface area contributed by atoms with Crippen LogP contribution in [-0.2, 0) is 9.53 Å². The summed E-state index contributed by atoms with van der Waals surface area (Å²) in [6.07, 6.45) is 7.13. The molecule has 0 saturated heterocycles. The molecule has 0 radical (unpaired) electrons. The maximum atomic E-state index is 10.1. The van der Waals surface area contributed by atoms with Gasteiger partial charge in [0.05, 0.1) is 12.9 Å². The number of esters is 1. The molecule has 0 aliphatic carbocycles. The number of imidazole rings is 1. The summed E-state index contributed by atoms with van der Waals surface area (Å²) in [7, 11) is 0. The topological polar surface area (TPSA) is 55.0 Å². The fraction of sp³-hybridized carbons (Fsp3) is 0.556. The van der Waals surface area contributed by atoms with Crippen LogP contribution in [0.3, 0.4) is 0 Å². The van der Waals surface area contributed by atoms with E-state index in [0.29, 0.717) is 6.61 Å². The van der Waals surface area contributed by atoms with Gasteiger partial charge in [-0.15, -0.1) is 0 Å². The normalized spacial score (nSPS) is 8.46. The minimum Gasteiger partial charge on any atom is -0.466 e. The summed E-state index contributed by atoms with van der Waals surface area (Å²) in [5.74, 6) is -0.182. The average Bonchev–Trinajstić information content (AvgIpc) is 2.61. The minimum atomic E-state index is -0.182. The van der Waals surface area contributed by atoms with E-state index in [2.05, 4.69) is 21.6 Å². The quantitative estimate of drug-likeness (QED) is 0.575. The van der Waals surface area contributed by atoms with Crippen LogP contribution in [0, 0.1) is 0 Å². The molecule has 0 fully saturated rings. The molecule has 13 heavy (non-hydrogen) atoms. The van der Waals surface area contributed by atoms with Gasteiger partial charge in [-0.2, -0.15) is 0 Å². The molecule has 0 aliphatic heterocycles. The Bertz CT molecular complexity index is 180. The lowest BCUT2D eigenvalue weighted by molar-refractivity contribution is -0.141. The Kier molecular flexibility index (Phi) is 7.88. The molecule has 74 valence electrons. The Balaban J connectivity index is 0.000000243. The smallest absolute Gasteiger partial charge is 0.302 e. The number of hydrogen-bond donors (Lipinski definition) is 1. The molecule has 1 N–H and O–H groups in total. The van der Waals surface area contributed by atoms with Crippen molar-refractivity contribution in [2.45, 2.75) is 26.7 Å². The van der Waals surface area contributed by atoms with Gasteiger partial charge in [0.2, 0.25) is 0 Å². The van der Waals surface area contributed by atoms with Gasteiger partial charge in [-0.3, -0.25) is 4.79 Å². The molecule has 0 spiro atoms. The third kappa shape index (κ3) is 10.7. The summed E-state index contributed by atoms with van der Waals surface area (Å²) in [4.78, 5) is 16.5. The van der Waals surface area contributed by atoms with Crippen LogP contribution in [0.2, 0.25) is 0 Å². The number of nitrogens with one attached hydrogen (secondary N) is 1. The van der Waals surface area contributed by atoms with Gasteiger partial charge >= 0.3 is 5.97 Å². The molecule has 4 heteroatoms. The molecule has 1 aromatic heterocycles. The van der Waals surface area contributed by atoms with E-state index in [1.54, 1.807) is 18.7 Å². The number of aromatic nitrogens is 2. The van der Waals surface area contributed by atoms with Crippen LogP contribution in [-0.4, -0.2) is 22.5 Å². The van der Waals surface area contributed by atoms with Gasteiger partial charge in [-0.05, 0) is 6.42 Å². The molecule has 1 aromatic rings. The summed E-state index contributed by atoms with van der Waals surface area (Å²) in [6, 6.07) is 0. The Morgan fingerprint density at radius 3 is 2.69 bits per heavy atom. The predicted molar refractivity (Wildman–Crippen MR) is 50.1 cm³/mol. The molecule has 1 rings (SSSR count). The molecule has 4 nitrogen and oxygen atoms in total. The fourth-order valence-electron chi connectivity index (χ4n) is 0.575. The summed E-state index contributed by atoms with van der Waals surface area (Å²) >= 11 is 0. The fourth-order valence-corrected chi connectivity index (χ4v) is 0.575. The highest BCUT2D eigenvalue weighted by Gasteiger charge is 1.88. The van der Waals surface area contributed by atoms with Crippen LogP contribution in [0.4, 0.5) is 0 Å². The zero-order valence-corrected chi connectivity index (χ0v) is 8.12. The summed E-state index contributed by atoms with van der Waals surface area (Å²) < 4.78 is 4.64. The molecule has 0 saturated carbocycles. The number of ether oxygens (including phenoxy) is 1. The molecule has 0 aromatic carbocycles. The van der Waals surface area contributed by atoms with Crippen LogP contribution in [0.5, 0.6) is 0 Å². The van der Waals surface area contributed by atoms with E-state index in [1.807, 2.05) is 0 Å². The Morgan fingerprint density at radius 2 is 2.38 bits per heavy atom. The number of unbranched alkanes of at least 4 members (excludes halogenated alkanes) is 1. The van der Waals surface area contributed by atoms with Crippen LogP contribution in [0.15, 0.2) is 18.7 Å². The van der Waals surface area contributed by atoms with Crippen molar-refractivity contribution in [3.63, 3.8) is 0 Å². The van der Waals surface area contributed by atoms with Gasteiger partial charge in [0.25, 0.3) is 0 Å². The number of hydrogen-bond acceptors (Lipinski definition) is 3. The van der Waals surface area contributed by atoms with Gasteiger partial charge in [0.15, 0.2) is 0 Å². The second-order valence-corrected chi connectivity index (χ2v) is 2.45. The van der Waals surface area contributed by atoms with Crippen molar-refractivity contribution < 1.29 is 9.53 Å². The standard InChI is InChI=1S/C6H12O2.C3H4N2/c1-3-4-5-8-6(2)7;1-2-5-3-4-1/h3-5H2,1-2H3;1-3H,(H,4,5). The summed E-state index contributed by atoms with van der Waals surface area (Å²) in [5.41, 5.74) is 0. The van der Waals surface area contributed by atoms with E-state index >= 15 is 0 Å². The van der Waals surface area contributed by atoms with Crippen molar-refractivity contribution in [3.05, 3.63) is 18.7 Å². The highest BCUT2D eigenvalue weighted by atomic mass is 16.5. The number of nitrogens with zero attached hydrogens (tertiary/aromatic N) is 1. The van der Waals surface area contributed by atoms with Gasteiger partial charge < -0.3 is 9.72 Å². The third-order valence-corrected chi connectivity index (χ3v) is 1.21. The van der Waals surface area contributed by atoms with Gasteiger partial charge in [-0.25, -0.2) is 4.98 Å². The second kappa shape index (κ2) is 8.77. The van der Waals surface area contributed by atoms with Crippen molar-refractivity contribution in [1.82, 2.24) is 9.97 Å². The predicted octanol–water partition coefficient (Wildman–Crippen LogP) is 1.76. The third-order valence-electron chi connectivity index (χ3n) is 1.21. The molecule has 0 unspecified atom stereocenters. The van der Waals surface area contributed by atoms with E-state index in [4.69, 9.17) is 0 Å². The first-order chi connectivity index (χ1) is 6.27. The van der Waals surface area contributed by atoms with Crippen LogP contribution in [0.25, 0.3) is 0 Å². The molecular formula is C9H16N2O2. The van der Waals surface area contributed by atoms with E-state index in [0.717, 1.165) is 12.8 Å². The van der Waals surface area contributed by atoms with Crippen LogP contribution in [0.1, 0.15) is 26.7 Å². The average molecular weight is 184 g/mol. The maximum absolute atomic E-state index is 10.1. The van der Waals surface area contributed by atoms with Crippen molar-refractivity contribution >= 4 is 5.97 Å². The SMILES string of the molecule is CCCCOC(C)=O.c1c[nH]cn1. The highest BCUT2D eigenvalue weighted by Crippen LogP contribution is 1.86. The molecule has 0 atom stereocenters. The highest BCUT2D eigenvalue weighted by molar-refractivity contribution is 5.65. The van der Waals surface area contributed by atoms with E-state index < -0.39 is 0 Å². The number of carbonyl (C=O) groups is 1. The summed E-state index contributed by atoms with van der Waals surface area (Å²) in [6.45, 7) is 4.06. The lowest BCUT2D eigenvalue weighted by Gasteiger charge is -1.96. The van der Waals surface area contributed by atoms with Crippen molar-refractivity contribution in [2.24, 2.45) is 0 Å². The number of rotatable bonds is 3. The molecule has 0 bridgehead atoms. The molecule has 0 amide bonds. The van der Waals surface area contributed by atoms with Crippen LogP contribution < -0.4 is 0 Å². The Morgan fingerprint density at radius 1 is 1.62 bits per heavy atom. The van der Waals surface area contributed by atoms with E-state index in [-0.39, 0.29) is 5.97 Å². The first-order valence-electron chi connectivity index (χ1n) is 4.33. The number of carbonyl (C=O) groups excluding carboxylic acids is 1. The maximum Gasteiger partial charge on any atom is 0.302 e. The monoisotopic (exact) mass is 184 g/mol. The molecule has 0 aliphatic rings. The Hall–Kier alpha value is -1.32. The Labute approximate surface area is 78.3 Å². The van der Waals surface area contributed by atoms with E-state index in [9.17, 15) is 4.79 Å². The zero-order chi connectivity index (χ0) is 9.94. The van der Waals surface area contributed by atoms with Gasteiger partial charge in [-0.1, -0.05) is 13.3 Å². The summed E-state index contributed by atoms with van der Waals surface area (Å²) in [5, 5.41) is 0. The van der Waals surface area contributed by atoms with Crippen molar-refractivity contribution in [2.75, 3.05) is 6.61 Å². The first kappa shape index (κ1) is 11.7. The van der Waals surface area contributed by atoms with Crippen LogP contribution >= 0.6 is 0 Å². The minimum absolute atomic E-state index is 0.182. The zero-order valence-electron chi connectivity index (χ0n) is 8.12.